The minimum Gasteiger partial charge on any atom is -0.390 e. The van der Waals surface area contributed by atoms with Gasteiger partial charge in [-0.2, -0.15) is 0 Å². The zero-order valence-electron chi connectivity index (χ0n) is 13.7. The number of carbonyl (C=O) groups is 1. The van der Waals surface area contributed by atoms with Gasteiger partial charge in [-0.25, -0.2) is 0 Å². The topological polar surface area (TPSA) is 59.0 Å². The van der Waals surface area contributed by atoms with Crippen LogP contribution >= 0.6 is 11.6 Å². The molecule has 1 amide bonds. The van der Waals surface area contributed by atoms with Gasteiger partial charge in [0.15, 0.2) is 0 Å². The third kappa shape index (κ3) is 1.73. The Morgan fingerprint density at radius 2 is 2.28 bits per heavy atom. The Labute approximate surface area is 150 Å². The number of aliphatic hydroxyl groups excluding tert-OH is 1. The third-order valence-corrected chi connectivity index (χ3v) is 6.80. The van der Waals surface area contributed by atoms with Crippen LogP contribution in [0.5, 0.6) is 0 Å². The summed E-state index contributed by atoms with van der Waals surface area (Å²) in [6, 6.07) is 5.23. The average Bonchev–Trinajstić information content (AvgIpc) is 3.13. The molecule has 4 aliphatic rings. The Morgan fingerprint density at radius 3 is 3.04 bits per heavy atom. The number of hydrogen-bond acceptors (Lipinski definition) is 4. The Kier molecular flexibility index (Phi) is 2.99. The first-order valence-corrected chi connectivity index (χ1v) is 8.88. The molecule has 0 saturated carbocycles. The molecule has 4 aliphatic heterocycles. The fourth-order valence-corrected chi connectivity index (χ4v) is 5.54. The molecular formula is C19H18ClNO4. The Bertz CT molecular complexity index is 835. The lowest BCUT2D eigenvalue weighted by Gasteiger charge is -2.42. The Morgan fingerprint density at radius 1 is 1.48 bits per heavy atom. The molecular weight excluding hydrogens is 342 g/mol. The van der Waals surface area contributed by atoms with Crippen LogP contribution in [-0.2, 0) is 14.3 Å². The van der Waals surface area contributed by atoms with Gasteiger partial charge in [0, 0.05) is 30.0 Å². The van der Waals surface area contributed by atoms with Gasteiger partial charge in [-0.15, -0.1) is 6.42 Å². The summed E-state index contributed by atoms with van der Waals surface area (Å²) in [6.45, 7) is 2.35. The predicted octanol–water partition coefficient (Wildman–Crippen LogP) is 1.94. The van der Waals surface area contributed by atoms with E-state index < -0.39 is 29.5 Å². The maximum Gasteiger partial charge on any atom is 0.235 e. The number of benzene rings is 1. The number of amides is 1. The summed E-state index contributed by atoms with van der Waals surface area (Å²) < 4.78 is 12.3. The van der Waals surface area contributed by atoms with E-state index in [0.717, 1.165) is 0 Å². The lowest BCUT2D eigenvalue weighted by Crippen LogP contribution is -2.53. The second kappa shape index (κ2) is 4.77. The summed E-state index contributed by atoms with van der Waals surface area (Å²) in [5.74, 6) is 1.98. The number of halogens is 1. The van der Waals surface area contributed by atoms with E-state index >= 15 is 0 Å². The lowest BCUT2D eigenvalue weighted by atomic mass is 9.65. The van der Waals surface area contributed by atoms with Gasteiger partial charge < -0.3 is 14.6 Å². The maximum absolute atomic E-state index is 13.3. The van der Waals surface area contributed by atoms with Gasteiger partial charge in [-0.3, -0.25) is 9.69 Å². The van der Waals surface area contributed by atoms with Crippen LogP contribution in [0.4, 0.5) is 5.69 Å². The van der Waals surface area contributed by atoms with Gasteiger partial charge in [-0.1, -0.05) is 17.5 Å². The zero-order chi connectivity index (χ0) is 17.6. The number of rotatable bonds is 1. The standard InChI is InChI=1S/C19H18ClNO4/c1-3-10-8-11(4-5-12(10)20)21-16(23)14-15-17(21)24-7-6-19(15)9-13(22)18(14,2)25-19/h1,4-5,8,13-15,17,22H,6-7,9H2,2H3/t13-,14-,15+,17+,18-,19+/m1/s1. The van der Waals surface area contributed by atoms with E-state index in [0.29, 0.717) is 35.7 Å². The van der Waals surface area contributed by atoms with Crippen molar-refractivity contribution in [3.05, 3.63) is 28.8 Å². The van der Waals surface area contributed by atoms with Gasteiger partial charge in [0.2, 0.25) is 5.91 Å². The number of fused-ring (bicyclic) bond motifs is 2. The molecule has 6 atom stereocenters. The predicted molar refractivity (Wildman–Crippen MR) is 91.1 cm³/mol. The summed E-state index contributed by atoms with van der Waals surface area (Å²) in [4.78, 5) is 15.0. The van der Waals surface area contributed by atoms with E-state index in [1.54, 1.807) is 23.1 Å². The van der Waals surface area contributed by atoms with Crippen molar-refractivity contribution in [1.82, 2.24) is 0 Å². The molecule has 6 heteroatoms. The molecule has 1 N–H and O–H groups in total. The molecule has 0 aliphatic carbocycles. The summed E-state index contributed by atoms with van der Waals surface area (Å²) in [7, 11) is 0. The van der Waals surface area contributed by atoms with Crippen molar-refractivity contribution in [3.63, 3.8) is 0 Å². The summed E-state index contributed by atoms with van der Waals surface area (Å²) in [6.07, 6.45) is 5.74. The summed E-state index contributed by atoms with van der Waals surface area (Å²) in [5, 5.41) is 11.0. The van der Waals surface area contributed by atoms with E-state index in [-0.39, 0.29) is 11.8 Å². The van der Waals surface area contributed by atoms with E-state index in [2.05, 4.69) is 5.92 Å². The highest BCUT2D eigenvalue weighted by Crippen LogP contribution is 2.65. The van der Waals surface area contributed by atoms with E-state index in [1.807, 2.05) is 6.92 Å². The number of terminal acetylenes is 1. The van der Waals surface area contributed by atoms with Crippen LogP contribution in [0, 0.1) is 24.2 Å². The number of ether oxygens (including phenoxy) is 2. The van der Waals surface area contributed by atoms with Crippen molar-refractivity contribution in [1.29, 1.82) is 0 Å². The number of carbonyl (C=O) groups excluding carboxylic acids is 1. The molecule has 1 aromatic carbocycles. The molecule has 4 heterocycles. The van der Waals surface area contributed by atoms with Gasteiger partial charge in [-0.05, 0) is 25.1 Å². The first-order valence-electron chi connectivity index (χ1n) is 8.50. The number of hydrogen-bond donors (Lipinski definition) is 1. The fraction of sp³-hybridized carbons (Fsp3) is 0.526. The summed E-state index contributed by atoms with van der Waals surface area (Å²) >= 11 is 6.11. The zero-order valence-corrected chi connectivity index (χ0v) is 14.5. The molecule has 130 valence electrons. The minimum absolute atomic E-state index is 0.0767. The maximum atomic E-state index is 13.3. The van der Waals surface area contributed by atoms with Crippen LogP contribution in [0.2, 0.25) is 5.02 Å². The van der Waals surface area contributed by atoms with Gasteiger partial charge in [0.05, 0.1) is 29.3 Å². The smallest absolute Gasteiger partial charge is 0.235 e. The van der Waals surface area contributed by atoms with Crippen molar-refractivity contribution < 1.29 is 19.4 Å². The minimum atomic E-state index is -0.857. The molecule has 0 aromatic heterocycles. The van der Waals surface area contributed by atoms with Crippen LogP contribution in [0.1, 0.15) is 25.3 Å². The quantitative estimate of drug-likeness (QED) is 0.778. The van der Waals surface area contributed by atoms with Crippen LogP contribution in [0.25, 0.3) is 0 Å². The Balaban J connectivity index is 1.63. The fourth-order valence-electron chi connectivity index (χ4n) is 5.37. The molecule has 2 bridgehead atoms. The highest BCUT2D eigenvalue weighted by Gasteiger charge is 2.77. The lowest BCUT2D eigenvalue weighted by molar-refractivity contribution is -0.142. The highest BCUT2D eigenvalue weighted by molar-refractivity contribution is 6.31. The molecule has 4 fully saturated rings. The van der Waals surface area contributed by atoms with Crippen LogP contribution in [-0.4, -0.2) is 41.2 Å². The number of anilines is 1. The first kappa shape index (κ1) is 15.7. The Hall–Kier alpha value is -1.58. The van der Waals surface area contributed by atoms with Crippen molar-refractivity contribution in [2.24, 2.45) is 11.8 Å². The van der Waals surface area contributed by atoms with E-state index in [9.17, 15) is 9.90 Å². The highest BCUT2D eigenvalue weighted by atomic mass is 35.5. The van der Waals surface area contributed by atoms with Crippen molar-refractivity contribution in [2.75, 3.05) is 11.5 Å². The van der Waals surface area contributed by atoms with Crippen molar-refractivity contribution >= 4 is 23.2 Å². The van der Waals surface area contributed by atoms with Crippen LogP contribution in [0.3, 0.4) is 0 Å². The average molecular weight is 360 g/mol. The van der Waals surface area contributed by atoms with Crippen LogP contribution in [0.15, 0.2) is 18.2 Å². The van der Waals surface area contributed by atoms with E-state index in [4.69, 9.17) is 27.5 Å². The molecule has 1 aromatic rings. The molecule has 5 rings (SSSR count). The first-order chi connectivity index (χ1) is 11.9. The molecule has 25 heavy (non-hydrogen) atoms. The van der Waals surface area contributed by atoms with Gasteiger partial charge in [0.25, 0.3) is 0 Å². The molecule has 5 nitrogen and oxygen atoms in total. The van der Waals surface area contributed by atoms with Crippen molar-refractivity contribution in [2.45, 2.75) is 43.3 Å². The normalized spacial score (nSPS) is 44.1. The van der Waals surface area contributed by atoms with Crippen LogP contribution < -0.4 is 4.90 Å². The van der Waals surface area contributed by atoms with E-state index in [1.165, 1.54) is 0 Å². The summed E-state index contributed by atoms with van der Waals surface area (Å²) in [5.41, 5.74) is -0.117. The number of aliphatic hydroxyl groups is 1. The molecule has 0 radical (unpaired) electrons. The SMILES string of the molecule is C#Cc1cc(N2C(=O)[C@H]3[C@H]4[C@@H]2OCC[C@]42C[C@@H](O)[C@@]3(C)O2)ccc1Cl. The molecule has 4 saturated heterocycles. The van der Waals surface area contributed by atoms with Gasteiger partial charge in [0.1, 0.15) is 11.8 Å². The second-order valence-corrected chi connectivity index (χ2v) is 8.01. The third-order valence-electron chi connectivity index (χ3n) is 6.47. The number of nitrogens with zero attached hydrogens (tertiary/aromatic N) is 1. The van der Waals surface area contributed by atoms with Gasteiger partial charge >= 0.3 is 0 Å². The molecule has 0 unspecified atom stereocenters. The second-order valence-electron chi connectivity index (χ2n) is 7.60. The monoisotopic (exact) mass is 359 g/mol. The molecule has 1 spiro atoms. The van der Waals surface area contributed by atoms with Crippen molar-refractivity contribution in [3.8, 4) is 12.3 Å². The largest absolute Gasteiger partial charge is 0.390 e.